The molecule has 0 bridgehead atoms. The van der Waals surface area contributed by atoms with E-state index >= 15 is 0 Å². The lowest BCUT2D eigenvalue weighted by Crippen LogP contribution is -2.79. The van der Waals surface area contributed by atoms with Gasteiger partial charge in [-0.05, 0) is 0 Å². The quantitative estimate of drug-likeness (QED) is 0.228. The third-order valence-corrected chi connectivity index (χ3v) is 3.88. The zero-order valence-electron chi connectivity index (χ0n) is 16.5. The Balaban J connectivity index is 8.21. The molecule has 0 rings (SSSR count). The molecule has 0 aromatic heterocycles. The van der Waals surface area contributed by atoms with Crippen LogP contribution in [-0.2, 0) is 14.2 Å². The van der Waals surface area contributed by atoms with Crippen molar-refractivity contribution in [3.05, 3.63) is 0 Å². The molecule has 0 aromatic rings. The Morgan fingerprint density at radius 2 is 0.538 bits per heavy atom. The minimum Gasteiger partial charge on any atom is -0.288 e. The van der Waals surface area contributed by atoms with Gasteiger partial charge < -0.3 is 0 Å². The molecule has 0 radical (unpaired) electrons. The van der Waals surface area contributed by atoms with Gasteiger partial charge in [0, 0.05) is 0 Å². The molecule has 0 fully saturated rings. The Labute approximate surface area is 194 Å². The average molecular weight is 650 g/mol. The minimum atomic E-state index is -9.10. The van der Waals surface area contributed by atoms with Gasteiger partial charge in [-0.3, -0.25) is 4.74 Å². The standard InChI is InChI=1S/C12H2F24O3/c13-1(14)3(17,7(21,22)23)5(19,9(27,28)38-11(31,32)33)37-6(20,10(29,30)39-12(34,35)36)4(18,2(15)16)8(24,25)26/h1-2H. The van der Waals surface area contributed by atoms with Crippen molar-refractivity contribution in [2.75, 3.05) is 0 Å². The monoisotopic (exact) mass is 650 g/mol. The third-order valence-electron chi connectivity index (χ3n) is 3.88. The van der Waals surface area contributed by atoms with Crippen LogP contribution in [-0.4, -0.2) is 73.2 Å². The molecule has 0 aliphatic heterocycles. The van der Waals surface area contributed by atoms with Gasteiger partial charge in [0.1, 0.15) is 0 Å². The molecular formula is C12H2F24O3. The normalized spacial score (nSPS) is 21.4. The first-order chi connectivity index (χ1) is 16.5. The van der Waals surface area contributed by atoms with E-state index in [9.17, 15) is 105 Å². The van der Waals surface area contributed by atoms with Gasteiger partial charge in [-0.15, -0.1) is 26.3 Å². The van der Waals surface area contributed by atoms with Crippen molar-refractivity contribution in [1.29, 1.82) is 0 Å². The van der Waals surface area contributed by atoms with Crippen molar-refractivity contribution < 1.29 is 120 Å². The maximum absolute atomic E-state index is 14.7. The highest BCUT2D eigenvalue weighted by Crippen LogP contribution is 2.63. The first-order valence-corrected chi connectivity index (χ1v) is 7.95. The summed E-state index contributed by atoms with van der Waals surface area (Å²) in [6.45, 7) is 0. The Kier molecular flexibility index (Phi) is 9.47. The molecule has 27 heteroatoms. The van der Waals surface area contributed by atoms with Crippen molar-refractivity contribution in [3.8, 4) is 0 Å². The van der Waals surface area contributed by atoms with Gasteiger partial charge in [-0.25, -0.2) is 35.8 Å². The van der Waals surface area contributed by atoms with Gasteiger partial charge in [0.25, 0.3) is 12.9 Å². The Morgan fingerprint density at radius 1 is 0.333 bits per heavy atom. The molecule has 236 valence electrons. The fourth-order valence-electron chi connectivity index (χ4n) is 2.20. The van der Waals surface area contributed by atoms with E-state index in [1.165, 1.54) is 0 Å². The van der Waals surface area contributed by atoms with Crippen molar-refractivity contribution in [2.24, 2.45) is 0 Å². The topological polar surface area (TPSA) is 27.7 Å². The van der Waals surface area contributed by atoms with Crippen LogP contribution in [0.2, 0.25) is 0 Å². The molecule has 4 atom stereocenters. The highest BCUT2D eigenvalue weighted by molar-refractivity contribution is 5.13. The number of alkyl halides is 24. The molecule has 39 heavy (non-hydrogen) atoms. The fraction of sp³-hybridized carbons (Fsp3) is 1.00. The van der Waals surface area contributed by atoms with Gasteiger partial charge in [0.05, 0.1) is 0 Å². The van der Waals surface area contributed by atoms with E-state index < -0.39 is 73.2 Å². The largest absolute Gasteiger partial charge is 0.527 e. The second-order valence-electron chi connectivity index (χ2n) is 6.44. The van der Waals surface area contributed by atoms with Crippen LogP contribution in [0, 0.1) is 0 Å². The smallest absolute Gasteiger partial charge is 0.288 e. The van der Waals surface area contributed by atoms with Crippen molar-refractivity contribution in [3.63, 3.8) is 0 Å². The molecule has 0 N–H and O–H groups in total. The summed E-state index contributed by atoms with van der Waals surface area (Å²) in [5.74, 6) is -18.2. The van der Waals surface area contributed by atoms with Crippen LogP contribution < -0.4 is 0 Å². The maximum atomic E-state index is 14.7. The molecule has 0 aliphatic rings. The lowest BCUT2D eigenvalue weighted by atomic mass is 9.90. The molecule has 0 heterocycles. The summed E-state index contributed by atoms with van der Waals surface area (Å²) in [5.41, 5.74) is -17.3. The van der Waals surface area contributed by atoms with Crippen LogP contribution >= 0.6 is 0 Å². The molecule has 0 aliphatic carbocycles. The Bertz CT molecular complexity index is 773. The van der Waals surface area contributed by atoms with Crippen LogP contribution in [0.25, 0.3) is 0 Å². The number of hydrogen-bond acceptors (Lipinski definition) is 3. The van der Waals surface area contributed by atoms with Gasteiger partial charge in [-0.2, -0.15) is 52.7 Å². The van der Waals surface area contributed by atoms with Crippen LogP contribution in [0.1, 0.15) is 0 Å². The SMILES string of the molecule is FC(F)C(F)(C(F)(F)F)C(F)(OC(F)(C(F)(F)OC(F)(F)F)C(F)(C(F)F)C(F)(F)F)C(F)(F)OC(F)(F)F. The molecule has 0 aromatic carbocycles. The Hall–Kier alpha value is -1.80. The summed E-state index contributed by atoms with van der Waals surface area (Å²) in [6.07, 6.45) is -63.1. The van der Waals surface area contributed by atoms with E-state index in [2.05, 4.69) is 0 Å². The van der Waals surface area contributed by atoms with E-state index in [-0.39, 0.29) is 0 Å². The van der Waals surface area contributed by atoms with E-state index in [0.29, 0.717) is 0 Å². The van der Waals surface area contributed by atoms with Gasteiger partial charge in [-0.1, -0.05) is 0 Å². The lowest BCUT2D eigenvalue weighted by Gasteiger charge is -2.49. The average Bonchev–Trinajstić information content (AvgIpc) is 2.59. The van der Waals surface area contributed by atoms with Crippen LogP contribution in [0.3, 0.4) is 0 Å². The summed E-state index contributed by atoms with van der Waals surface area (Å²) in [4.78, 5) is 0. The zero-order chi connectivity index (χ0) is 32.3. The zero-order valence-corrected chi connectivity index (χ0v) is 16.5. The second kappa shape index (κ2) is 9.93. The van der Waals surface area contributed by atoms with Crippen LogP contribution in [0.15, 0.2) is 0 Å². The van der Waals surface area contributed by atoms with Crippen LogP contribution in [0.4, 0.5) is 105 Å². The number of halogens is 24. The van der Waals surface area contributed by atoms with E-state index in [1.54, 1.807) is 0 Å². The van der Waals surface area contributed by atoms with E-state index in [0.717, 1.165) is 14.2 Å². The van der Waals surface area contributed by atoms with Crippen molar-refractivity contribution in [2.45, 2.75) is 73.2 Å². The first kappa shape index (κ1) is 37.2. The lowest BCUT2D eigenvalue weighted by molar-refractivity contribution is -0.576. The van der Waals surface area contributed by atoms with Gasteiger partial charge in [0.15, 0.2) is 0 Å². The molecule has 0 saturated carbocycles. The molecule has 4 unspecified atom stereocenters. The molecule has 0 amide bonds. The molecular weight excluding hydrogens is 648 g/mol. The highest BCUT2D eigenvalue weighted by Gasteiger charge is 2.93. The molecule has 0 spiro atoms. The summed E-state index contributed by atoms with van der Waals surface area (Å²) < 4.78 is 316. The predicted octanol–water partition coefficient (Wildman–Crippen LogP) is 7.66. The summed E-state index contributed by atoms with van der Waals surface area (Å²) in [7, 11) is 0. The van der Waals surface area contributed by atoms with E-state index in [4.69, 9.17) is 0 Å². The minimum absolute atomic E-state index is 1.03. The molecule has 0 saturated heterocycles. The fourth-order valence-corrected chi connectivity index (χ4v) is 2.20. The summed E-state index contributed by atoms with van der Waals surface area (Å²) in [5, 5.41) is 0. The predicted molar refractivity (Wildman–Crippen MR) is 64.7 cm³/mol. The summed E-state index contributed by atoms with van der Waals surface area (Å²) >= 11 is 0. The summed E-state index contributed by atoms with van der Waals surface area (Å²) in [6, 6.07) is 0. The van der Waals surface area contributed by atoms with Crippen LogP contribution in [0.5, 0.6) is 0 Å². The van der Waals surface area contributed by atoms with Gasteiger partial charge >= 0.3 is 60.3 Å². The third kappa shape index (κ3) is 6.27. The van der Waals surface area contributed by atoms with Crippen molar-refractivity contribution in [1.82, 2.24) is 0 Å². The molecule has 3 nitrogen and oxygen atoms in total. The maximum Gasteiger partial charge on any atom is 0.527 e. The Morgan fingerprint density at radius 3 is 0.667 bits per heavy atom. The highest BCUT2D eigenvalue weighted by atomic mass is 19.4. The number of rotatable bonds is 10. The van der Waals surface area contributed by atoms with Gasteiger partial charge in [0.2, 0.25) is 0 Å². The first-order valence-electron chi connectivity index (χ1n) is 7.95. The van der Waals surface area contributed by atoms with Crippen molar-refractivity contribution >= 4 is 0 Å². The van der Waals surface area contributed by atoms with E-state index in [1.807, 2.05) is 0 Å². The second-order valence-corrected chi connectivity index (χ2v) is 6.44. The number of hydrogen-bond donors (Lipinski definition) is 0. The number of ether oxygens (including phenoxy) is 3.